The molecule has 0 unspecified atom stereocenters. The fourth-order valence-corrected chi connectivity index (χ4v) is 5.50. The van der Waals surface area contributed by atoms with Gasteiger partial charge < -0.3 is 14.4 Å². The lowest BCUT2D eigenvalue weighted by Gasteiger charge is -2.41. The minimum Gasteiger partial charge on any atom is -0.493 e. The van der Waals surface area contributed by atoms with Crippen LogP contribution in [0.5, 0.6) is 11.5 Å². The summed E-state index contributed by atoms with van der Waals surface area (Å²) >= 11 is 0. The van der Waals surface area contributed by atoms with Crippen molar-refractivity contribution < 1.29 is 23.0 Å². The van der Waals surface area contributed by atoms with E-state index in [-0.39, 0.29) is 23.3 Å². The van der Waals surface area contributed by atoms with Gasteiger partial charge in [-0.25, -0.2) is 8.78 Å². The maximum Gasteiger partial charge on any atom is 0.161 e. The molecule has 0 radical (unpaired) electrons. The Kier molecular flexibility index (Phi) is 9.32. The predicted octanol–water partition coefficient (Wildman–Crippen LogP) is 6.56. The number of hydrogen-bond acceptors (Lipinski definition) is 5. The van der Waals surface area contributed by atoms with Gasteiger partial charge in [0.1, 0.15) is 17.0 Å². The summed E-state index contributed by atoms with van der Waals surface area (Å²) in [4.78, 5) is 14.0. The zero-order chi connectivity index (χ0) is 27.8. The fraction of sp³-hybridized carbons (Fsp3) is 0.375. The summed E-state index contributed by atoms with van der Waals surface area (Å²) in [6.45, 7) is 4.67. The number of nitrogens with zero attached hydrogens (tertiary/aromatic N) is 2. The summed E-state index contributed by atoms with van der Waals surface area (Å²) in [6.07, 6.45) is 3.43. The maximum atomic E-state index is 13.7. The molecule has 0 saturated carbocycles. The number of halogens is 2. The SMILES string of the molecule is COc1cc(C(C)=O)ccc1OCCCCN1CCC(C(C#N)(c2ccc(F)cc2)c2ccc(F)cc2)CC1. The van der Waals surface area contributed by atoms with E-state index in [1.54, 1.807) is 49.6 Å². The van der Waals surface area contributed by atoms with E-state index in [1.165, 1.54) is 31.2 Å². The van der Waals surface area contributed by atoms with Gasteiger partial charge in [0.05, 0.1) is 19.8 Å². The number of Topliss-reactive ketones (excluding diaryl/α,β-unsaturated/α-hetero) is 1. The summed E-state index contributed by atoms with van der Waals surface area (Å²) in [5.41, 5.74) is 1.08. The number of hydrogen-bond donors (Lipinski definition) is 0. The molecule has 0 N–H and O–H groups in total. The lowest BCUT2D eigenvalue weighted by atomic mass is 9.63. The Hall–Kier alpha value is -3.76. The van der Waals surface area contributed by atoms with Crippen molar-refractivity contribution in [1.82, 2.24) is 4.90 Å². The Labute approximate surface area is 229 Å². The summed E-state index contributed by atoms with van der Waals surface area (Å²) in [6, 6.07) is 20.0. The van der Waals surface area contributed by atoms with Gasteiger partial charge in [0.2, 0.25) is 0 Å². The van der Waals surface area contributed by atoms with Crippen LogP contribution in [-0.4, -0.2) is 44.0 Å². The molecule has 1 heterocycles. The van der Waals surface area contributed by atoms with Gasteiger partial charge in [-0.3, -0.25) is 4.79 Å². The van der Waals surface area contributed by atoms with Gasteiger partial charge in [0.25, 0.3) is 0 Å². The molecule has 1 saturated heterocycles. The van der Waals surface area contributed by atoms with Crippen LogP contribution in [0.2, 0.25) is 0 Å². The van der Waals surface area contributed by atoms with Crippen molar-refractivity contribution in [3.63, 3.8) is 0 Å². The van der Waals surface area contributed by atoms with Gasteiger partial charge in [0.15, 0.2) is 17.3 Å². The molecule has 3 aromatic carbocycles. The number of rotatable bonds is 11. The van der Waals surface area contributed by atoms with E-state index < -0.39 is 5.41 Å². The van der Waals surface area contributed by atoms with E-state index in [0.29, 0.717) is 23.7 Å². The zero-order valence-corrected chi connectivity index (χ0v) is 22.5. The number of benzene rings is 3. The number of ether oxygens (including phenoxy) is 2. The summed E-state index contributed by atoms with van der Waals surface area (Å²) in [7, 11) is 1.56. The van der Waals surface area contributed by atoms with Gasteiger partial charge in [-0.15, -0.1) is 0 Å². The quantitative estimate of drug-likeness (QED) is 0.207. The van der Waals surface area contributed by atoms with E-state index >= 15 is 0 Å². The third-order valence-corrected chi connectivity index (χ3v) is 7.67. The Balaban J connectivity index is 1.34. The average Bonchev–Trinajstić information content (AvgIpc) is 2.96. The van der Waals surface area contributed by atoms with E-state index in [9.17, 15) is 18.8 Å². The molecule has 0 bridgehead atoms. The second-order valence-electron chi connectivity index (χ2n) is 10.0. The van der Waals surface area contributed by atoms with Crippen LogP contribution in [0.25, 0.3) is 0 Å². The van der Waals surface area contributed by atoms with Crippen molar-refractivity contribution in [1.29, 1.82) is 5.26 Å². The molecule has 204 valence electrons. The molecule has 5 nitrogen and oxygen atoms in total. The predicted molar refractivity (Wildman–Crippen MR) is 146 cm³/mol. The van der Waals surface area contributed by atoms with Crippen LogP contribution in [0.15, 0.2) is 66.7 Å². The van der Waals surface area contributed by atoms with Crippen molar-refractivity contribution in [2.45, 2.75) is 38.0 Å². The number of methoxy groups -OCH3 is 1. The smallest absolute Gasteiger partial charge is 0.161 e. The molecule has 4 rings (SSSR count). The van der Waals surface area contributed by atoms with Crippen LogP contribution < -0.4 is 9.47 Å². The van der Waals surface area contributed by atoms with Crippen LogP contribution in [-0.2, 0) is 5.41 Å². The minimum atomic E-state index is -0.974. The van der Waals surface area contributed by atoms with Crippen LogP contribution in [0, 0.1) is 28.9 Å². The normalized spacial score (nSPS) is 14.5. The fourth-order valence-electron chi connectivity index (χ4n) is 5.50. The van der Waals surface area contributed by atoms with Crippen molar-refractivity contribution in [2.24, 2.45) is 5.92 Å². The van der Waals surface area contributed by atoms with E-state index in [0.717, 1.165) is 56.4 Å². The lowest BCUT2D eigenvalue weighted by molar-refractivity contribution is 0.101. The molecule has 0 spiro atoms. The molecule has 39 heavy (non-hydrogen) atoms. The molecule has 0 aliphatic carbocycles. The van der Waals surface area contributed by atoms with Crippen LogP contribution in [0.1, 0.15) is 54.1 Å². The third-order valence-electron chi connectivity index (χ3n) is 7.67. The highest BCUT2D eigenvalue weighted by Crippen LogP contribution is 2.44. The topological polar surface area (TPSA) is 62.6 Å². The molecule has 3 aromatic rings. The zero-order valence-electron chi connectivity index (χ0n) is 22.5. The number of likely N-dealkylation sites (tertiary alicyclic amines) is 1. The molecule has 7 heteroatoms. The van der Waals surface area contributed by atoms with Gasteiger partial charge >= 0.3 is 0 Å². The summed E-state index contributed by atoms with van der Waals surface area (Å²) < 4.78 is 38.7. The summed E-state index contributed by atoms with van der Waals surface area (Å²) in [5, 5.41) is 10.5. The molecule has 1 aliphatic heterocycles. The number of carbonyl (C=O) groups excluding carboxylic acids is 1. The van der Waals surface area contributed by atoms with E-state index in [2.05, 4.69) is 11.0 Å². The Morgan fingerprint density at radius 3 is 2.05 bits per heavy atom. The van der Waals surface area contributed by atoms with Crippen molar-refractivity contribution in [3.8, 4) is 17.6 Å². The van der Waals surface area contributed by atoms with Crippen LogP contribution >= 0.6 is 0 Å². The number of nitriles is 1. The molecule has 0 aromatic heterocycles. The second kappa shape index (κ2) is 12.9. The van der Waals surface area contributed by atoms with Crippen molar-refractivity contribution >= 4 is 5.78 Å². The first-order valence-corrected chi connectivity index (χ1v) is 13.3. The molecular weight excluding hydrogens is 498 g/mol. The van der Waals surface area contributed by atoms with Crippen LogP contribution in [0.3, 0.4) is 0 Å². The highest BCUT2D eigenvalue weighted by atomic mass is 19.1. The van der Waals surface area contributed by atoms with Gasteiger partial charge in [0, 0.05) is 5.56 Å². The van der Waals surface area contributed by atoms with Crippen molar-refractivity contribution in [2.75, 3.05) is 33.4 Å². The monoisotopic (exact) mass is 532 g/mol. The minimum absolute atomic E-state index is 0.0171. The first-order valence-electron chi connectivity index (χ1n) is 13.3. The second-order valence-corrected chi connectivity index (χ2v) is 10.0. The van der Waals surface area contributed by atoms with Gasteiger partial charge in [-0.2, -0.15) is 5.26 Å². The average molecular weight is 533 g/mol. The molecular formula is C32H34F2N2O3. The van der Waals surface area contributed by atoms with Crippen LogP contribution in [0.4, 0.5) is 8.78 Å². The summed E-state index contributed by atoms with van der Waals surface area (Å²) in [5.74, 6) is 0.463. The first kappa shape index (κ1) is 28.3. The number of carbonyl (C=O) groups is 1. The van der Waals surface area contributed by atoms with E-state index in [4.69, 9.17) is 9.47 Å². The molecule has 1 fully saturated rings. The maximum absolute atomic E-state index is 13.7. The number of piperidine rings is 1. The largest absolute Gasteiger partial charge is 0.493 e. The lowest BCUT2D eigenvalue weighted by Crippen LogP contribution is -2.43. The highest BCUT2D eigenvalue weighted by Gasteiger charge is 2.43. The first-order chi connectivity index (χ1) is 18.9. The third kappa shape index (κ3) is 6.46. The Morgan fingerprint density at radius 1 is 0.949 bits per heavy atom. The Morgan fingerprint density at radius 2 is 1.54 bits per heavy atom. The van der Waals surface area contributed by atoms with E-state index in [1.807, 2.05) is 0 Å². The molecule has 0 amide bonds. The standard InChI is InChI=1S/C32H34F2N2O3/c1-23(37)24-5-14-30(31(21-24)38-2)39-20-4-3-17-36-18-15-27(16-19-36)32(22-35,25-6-10-28(33)11-7-25)26-8-12-29(34)13-9-26/h5-14,21,27H,3-4,15-20H2,1-2H3. The highest BCUT2D eigenvalue weighted by molar-refractivity contribution is 5.94. The number of unbranched alkanes of at least 4 members (excludes halogenated alkanes) is 1. The van der Waals surface area contributed by atoms with Gasteiger partial charge in [-0.05, 0) is 112 Å². The van der Waals surface area contributed by atoms with Crippen molar-refractivity contribution in [3.05, 3.63) is 95.1 Å². The van der Waals surface area contributed by atoms with Gasteiger partial charge in [-0.1, -0.05) is 24.3 Å². The molecule has 0 atom stereocenters. The molecule has 1 aliphatic rings. The number of ketones is 1. The Bertz CT molecular complexity index is 1250.